The van der Waals surface area contributed by atoms with Crippen molar-refractivity contribution in [3.05, 3.63) is 12.8 Å². The minimum atomic E-state index is 0.424. The molecule has 14 heavy (non-hydrogen) atoms. The molecule has 0 radical (unpaired) electrons. The van der Waals surface area contributed by atoms with Gasteiger partial charge < -0.3 is 0 Å². The van der Waals surface area contributed by atoms with Crippen molar-refractivity contribution in [2.24, 2.45) is 10.8 Å². The number of hydrogen-bond donors (Lipinski definition) is 2. The highest BCUT2D eigenvalue weighted by Gasteiger charge is 2.05. The molecule has 0 aromatic heterocycles. The molecule has 3 N–H and O–H groups in total. The molecule has 0 heterocycles. The monoisotopic (exact) mass is 198 g/mol. The number of amidine groups is 1. The number of hydrogen-bond acceptors (Lipinski definition) is 3. The van der Waals surface area contributed by atoms with Crippen LogP contribution in [-0.2, 0) is 0 Å². The lowest BCUT2D eigenvalue weighted by molar-refractivity contribution is 0.368. The SMILES string of the molecule is C=CN=C(CCC)N(N)CNC(C)C. The van der Waals surface area contributed by atoms with Crippen molar-refractivity contribution in [1.82, 2.24) is 10.3 Å². The zero-order valence-corrected chi connectivity index (χ0v) is 9.45. The van der Waals surface area contributed by atoms with Gasteiger partial charge in [-0.05, 0) is 20.3 Å². The zero-order valence-electron chi connectivity index (χ0n) is 9.45. The lowest BCUT2D eigenvalue weighted by Crippen LogP contribution is -2.45. The predicted octanol–water partition coefficient (Wildman–Crippen LogP) is 1.46. The van der Waals surface area contributed by atoms with Gasteiger partial charge in [-0.3, -0.25) is 10.3 Å². The Labute approximate surface area is 86.8 Å². The fraction of sp³-hybridized carbons (Fsp3) is 0.700. The zero-order chi connectivity index (χ0) is 11.0. The van der Waals surface area contributed by atoms with Crippen molar-refractivity contribution in [1.29, 1.82) is 0 Å². The highest BCUT2D eigenvalue weighted by molar-refractivity contribution is 5.82. The average molecular weight is 198 g/mol. The third-order valence-corrected chi connectivity index (χ3v) is 1.72. The van der Waals surface area contributed by atoms with Crippen molar-refractivity contribution >= 4 is 5.84 Å². The maximum absolute atomic E-state index is 5.83. The largest absolute Gasteiger partial charge is 0.296 e. The first-order valence-electron chi connectivity index (χ1n) is 5.05. The van der Waals surface area contributed by atoms with E-state index in [1.54, 1.807) is 5.01 Å². The van der Waals surface area contributed by atoms with E-state index in [1.807, 2.05) is 0 Å². The second-order valence-corrected chi connectivity index (χ2v) is 3.46. The molecule has 4 nitrogen and oxygen atoms in total. The molecular formula is C10H22N4. The number of nitrogens with two attached hydrogens (primary N) is 1. The van der Waals surface area contributed by atoms with E-state index in [-0.39, 0.29) is 0 Å². The smallest absolute Gasteiger partial charge is 0.119 e. The predicted molar refractivity (Wildman–Crippen MR) is 61.7 cm³/mol. The van der Waals surface area contributed by atoms with Crippen LogP contribution >= 0.6 is 0 Å². The molecule has 0 rings (SSSR count). The molecule has 0 aliphatic carbocycles. The Morgan fingerprint density at radius 2 is 2.29 bits per heavy atom. The summed E-state index contributed by atoms with van der Waals surface area (Å²) in [5.74, 6) is 6.70. The molecule has 0 spiro atoms. The van der Waals surface area contributed by atoms with E-state index < -0.39 is 0 Å². The Hall–Kier alpha value is -0.870. The maximum Gasteiger partial charge on any atom is 0.119 e. The van der Waals surface area contributed by atoms with E-state index in [2.05, 4.69) is 37.7 Å². The standard InChI is InChI=1S/C10H22N4/c1-5-7-10(12-6-2)14(11)8-13-9(3)4/h6,9,13H,2,5,7-8,11H2,1,3-4H3. The third-order valence-electron chi connectivity index (χ3n) is 1.72. The second kappa shape index (κ2) is 7.53. The molecule has 0 aromatic rings. The van der Waals surface area contributed by atoms with Gasteiger partial charge in [-0.25, -0.2) is 10.8 Å². The molecule has 0 amide bonds. The van der Waals surface area contributed by atoms with Gasteiger partial charge >= 0.3 is 0 Å². The lowest BCUT2D eigenvalue weighted by Gasteiger charge is -2.21. The number of rotatable bonds is 6. The molecule has 82 valence electrons. The Balaban J connectivity index is 4.08. The van der Waals surface area contributed by atoms with Crippen molar-refractivity contribution < 1.29 is 0 Å². The van der Waals surface area contributed by atoms with Crippen LogP contribution in [-0.4, -0.2) is 23.6 Å². The minimum Gasteiger partial charge on any atom is -0.296 e. The number of aliphatic imine (C=N–C) groups is 1. The first kappa shape index (κ1) is 13.1. The van der Waals surface area contributed by atoms with E-state index in [1.165, 1.54) is 6.20 Å². The van der Waals surface area contributed by atoms with Crippen molar-refractivity contribution in [3.63, 3.8) is 0 Å². The van der Waals surface area contributed by atoms with Crippen molar-refractivity contribution in [3.8, 4) is 0 Å². The van der Waals surface area contributed by atoms with Crippen molar-refractivity contribution in [2.45, 2.75) is 39.7 Å². The number of nitrogens with one attached hydrogen (secondary N) is 1. The van der Waals surface area contributed by atoms with E-state index in [4.69, 9.17) is 5.84 Å². The summed E-state index contributed by atoms with van der Waals surface area (Å²) in [5.41, 5.74) is 0. The fourth-order valence-electron chi connectivity index (χ4n) is 0.983. The quantitative estimate of drug-likeness (QED) is 0.223. The first-order chi connectivity index (χ1) is 6.61. The summed E-state index contributed by atoms with van der Waals surface area (Å²) in [6.07, 6.45) is 3.44. The highest BCUT2D eigenvalue weighted by atomic mass is 15.5. The topological polar surface area (TPSA) is 53.6 Å². The van der Waals surface area contributed by atoms with Crippen LogP contribution in [0.3, 0.4) is 0 Å². The normalized spacial score (nSPS) is 11.9. The number of hydrazine groups is 1. The minimum absolute atomic E-state index is 0.424. The van der Waals surface area contributed by atoms with Crippen LogP contribution in [0.2, 0.25) is 0 Å². The van der Waals surface area contributed by atoms with Crippen LogP contribution in [0.1, 0.15) is 33.6 Å². The summed E-state index contributed by atoms with van der Waals surface area (Å²) < 4.78 is 0. The van der Waals surface area contributed by atoms with Gasteiger partial charge in [0.1, 0.15) is 5.84 Å². The average Bonchev–Trinajstić information content (AvgIpc) is 2.14. The number of nitrogens with zero attached hydrogens (tertiary/aromatic N) is 2. The summed E-state index contributed by atoms with van der Waals surface area (Å²) in [7, 11) is 0. The molecule has 0 aromatic carbocycles. The van der Waals surface area contributed by atoms with E-state index >= 15 is 0 Å². The Bertz CT molecular complexity index is 187. The van der Waals surface area contributed by atoms with Gasteiger partial charge in [0.2, 0.25) is 0 Å². The highest BCUT2D eigenvalue weighted by Crippen LogP contribution is 1.95. The molecule has 0 bridgehead atoms. The van der Waals surface area contributed by atoms with Crippen LogP contribution in [0, 0.1) is 0 Å². The lowest BCUT2D eigenvalue weighted by atomic mass is 10.3. The summed E-state index contributed by atoms with van der Waals surface area (Å²) in [6.45, 7) is 10.4. The molecule has 0 saturated carbocycles. The molecular weight excluding hydrogens is 176 g/mol. The fourth-order valence-corrected chi connectivity index (χ4v) is 0.983. The third kappa shape index (κ3) is 5.72. The summed E-state index contributed by atoms with van der Waals surface area (Å²) in [6, 6.07) is 0.424. The molecule has 0 atom stereocenters. The maximum atomic E-state index is 5.83. The van der Waals surface area contributed by atoms with Crippen molar-refractivity contribution in [2.75, 3.05) is 6.67 Å². The summed E-state index contributed by atoms with van der Waals surface area (Å²) in [5, 5.41) is 4.86. The molecule has 0 fully saturated rings. The Morgan fingerprint density at radius 1 is 1.64 bits per heavy atom. The van der Waals surface area contributed by atoms with Gasteiger partial charge in [0.05, 0.1) is 6.67 Å². The molecule has 0 unspecified atom stereocenters. The van der Waals surface area contributed by atoms with Gasteiger partial charge in [-0.1, -0.05) is 13.5 Å². The summed E-state index contributed by atoms with van der Waals surface area (Å²) >= 11 is 0. The van der Waals surface area contributed by atoms with E-state index in [9.17, 15) is 0 Å². The van der Waals surface area contributed by atoms with Gasteiger partial charge in [0, 0.05) is 18.7 Å². The van der Waals surface area contributed by atoms with Crippen LogP contribution < -0.4 is 11.2 Å². The van der Waals surface area contributed by atoms with Gasteiger partial charge in [-0.2, -0.15) is 0 Å². The molecule has 0 aliphatic rings. The van der Waals surface area contributed by atoms with Crippen LogP contribution in [0.15, 0.2) is 17.8 Å². The van der Waals surface area contributed by atoms with Crippen LogP contribution in [0.5, 0.6) is 0 Å². The van der Waals surface area contributed by atoms with E-state index in [0.717, 1.165) is 18.7 Å². The van der Waals surface area contributed by atoms with Crippen LogP contribution in [0.4, 0.5) is 0 Å². The Kier molecular flexibility index (Phi) is 7.06. The molecule has 0 aliphatic heterocycles. The Morgan fingerprint density at radius 3 is 2.71 bits per heavy atom. The van der Waals surface area contributed by atoms with Crippen LogP contribution in [0.25, 0.3) is 0 Å². The van der Waals surface area contributed by atoms with E-state index in [0.29, 0.717) is 12.7 Å². The first-order valence-corrected chi connectivity index (χ1v) is 5.05. The van der Waals surface area contributed by atoms with Gasteiger partial charge in [-0.15, -0.1) is 0 Å². The van der Waals surface area contributed by atoms with Gasteiger partial charge in [0.25, 0.3) is 0 Å². The molecule has 4 heteroatoms. The second-order valence-electron chi connectivity index (χ2n) is 3.46. The van der Waals surface area contributed by atoms with Gasteiger partial charge in [0.15, 0.2) is 0 Å². The summed E-state index contributed by atoms with van der Waals surface area (Å²) in [4.78, 5) is 4.13. The molecule has 0 saturated heterocycles.